The molecule has 0 radical (unpaired) electrons. The fraction of sp³-hybridized carbons (Fsp3) is 1.00. The summed E-state index contributed by atoms with van der Waals surface area (Å²) in [5.41, 5.74) is 0. The van der Waals surface area contributed by atoms with Gasteiger partial charge in [0.1, 0.15) is 0 Å². The molecule has 0 spiro atoms. The molecule has 0 aromatic heterocycles. The maximum absolute atomic E-state index is 8.88. The summed E-state index contributed by atoms with van der Waals surface area (Å²) in [5.74, 6) is 0. The van der Waals surface area contributed by atoms with Crippen LogP contribution in [-0.2, 0) is 19.0 Å². The molecule has 0 saturated carbocycles. The first-order valence-electron chi connectivity index (χ1n) is 12.6. The van der Waals surface area contributed by atoms with E-state index in [0.717, 1.165) is 0 Å². The fourth-order valence-electron chi connectivity index (χ4n) is 3.37. The van der Waals surface area contributed by atoms with Crippen LogP contribution in [0.3, 0.4) is 0 Å². The molecule has 0 aliphatic rings. The maximum atomic E-state index is 8.88. The third-order valence-corrected chi connectivity index (χ3v) is 6.55. The van der Waals surface area contributed by atoms with Crippen molar-refractivity contribution in [2.75, 3.05) is 0 Å². The SMILES string of the molecule is CCCCCCCCCCC[CH2][Ni][CH2]CCCCCCCCCCC.O=P(O)(O)O. The molecule has 0 heterocycles. The minimum absolute atomic E-state index is 1.37. The van der Waals surface area contributed by atoms with Crippen molar-refractivity contribution in [1.29, 1.82) is 0 Å². The second kappa shape index (κ2) is 27.6. The van der Waals surface area contributed by atoms with Crippen LogP contribution in [0.15, 0.2) is 0 Å². The van der Waals surface area contributed by atoms with Gasteiger partial charge < -0.3 is 14.7 Å². The van der Waals surface area contributed by atoms with Gasteiger partial charge in [0.25, 0.3) is 0 Å². The summed E-state index contributed by atoms with van der Waals surface area (Å²) in [6.45, 7) is 4.60. The molecule has 0 amide bonds. The van der Waals surface area contributed by atoms with Crippen molar-refractivity contribution in [2.45, 2.75) is 153 Å². The Morgan fingerprint density at radius 3 is 0.900 bits per heavy atom. The zero-order chi connectivity index (χ0) is 22.8. The van der Waals surface area contributed by atoms with Crippen LogP contribution in [0.5, 0.6) is 0 Å². The number of phosphoric acid groups is 1. The van der Waals surface area contributed by atoms with Crippen LogP contribution in [-0.4, -0.2) is 14.7 Å². The predicted octanol–water partition coefficient (Wildman–Crippen LogP) is 8.82. The van der Waals surface area contributed by atoms with E-state index in [2.05, 4.69) is 13.8 Å². The van der Waals surface area contributed by atoms with Gasteiger partial charge in [-0.15, -0.1) is 0 Å². The molecule has 0 aliphatic carbocycles. The van der Waals surface area contributed by atoms with Gasteiger partial charge in [0, 0.05) is 0 Å². The van der Waals surface area contributed by atoms with Gasteiger partial charge in [0.2, 0.25) is 0 Å². The van der Waals surface area contributed by atoms with E-state index in [1.54, 1.807) is 0 Å². The smallest absolute Gasteiger partial charge is 0.303 e. The van der Waals surface area contributed by atoms with E-state index >= 15 is 0 Å². The zero-order valence-electron chi connectivity index (χ0n) is 20.1. The molecule has 6 heteroatoms. The third kappa shape index (κ3) is 42.7. The van der Waals surface area contributed by atoms with Crippen molar-refractivity contribution in [3.63, 3.8) is 0 Å². The summed E-state index contributed by atoms with van der Waals surface area (Å²) in [6, 6.07) is 0. The minimum atomic E-state index is -4.64. The molecule has 30 heavy (non-hydrogen) atoms. The fourth-order valence-corrected chi connectivity index (χ4v) is 4.60. The average Bonchev–Trinajstić information content (AvgIpc) is 2.68. The van der Waals surface area contributed by atoms with Gasteiger partial charge in [-0.25, -0.2) is 4.57 Å². The number of hydrogen-bond acceptors (Lipinski definition) is 1. The Labute approximate surface area is 194 Å². The van der Waals surface area contributed by atoms with Crippen LogP contribution in [0, 0.1) is 0 Å². The van der Waals surface area contributed by atoms with Crippen LogP contribution in [0.2, 0.25) is 10.8 Å². The van der Waals surface area contributed by atoms with Crippen LogP contribution >= 0.6 is 7.82 Å². The molecule has 0 saturated heterocycles. The van der Waals surface area contributed by atoms with Gasteiger partial charge in [0.05, 0.1) is 0 Å². The monoisotopic (exact) mass is 494 g/mol. The molecule has 0 fully saturated rings. The molecule has 0 aliphatic heterocycles. The topological polar surface area (TPSA) is 77.8 Å². The standard InChI is InChI=1S/2C12H25.Ni.H3O4P/c2*1-3-5-7-9-11-12-10-8-6-4-2;;1-5(2,3)4/h2*1,3-12H2,2H3;;(H3,1,2,3,4). The normalized spacial score (nSPS) is 11.5. The molecular weight excluding hydrogens is 442 g/mol. The van der Waals surface area contributed by atoms with Crippen LogP contribution in [0.1, 0.15) is 142 Å². The quantitative estimate of drug-likeness (QED) is 0.0797. The van der Waals surface area contributed by atoms with Crippen LogP contribution in [0.25, 0.3) is 0 Å². The van der Waals surface area contributed by atoms with Crippen molar-refractivity contribution in [2.24, 2.45) is 0 Å². The first-order chi connectivity index (χ1) is 14.4. The molecule has 0 rings (SSSR count). The second-order valence-corrected chi connectivity index (χ2v) is 10.9. The van der Waals surface area contributed by atoms with Gasteiger partial charge in [-0.1, -0.05) is 0 Å². The van der Waals surface area contributed by atoms with E-state index in [1.165, 1.54) is 139 Å². The van der Waals surface area contributed by atoms with E-state index < -0.39 is 7.82 Å². The van der Waals surface area contributed by atoms with Crippen LogP contribution in [0.4, 0.5) is 0 Å². The van der Waals surface area contributed by atoms with Crippen molar-refractivity contribution in [3.8, 4) is 0 Å². The molecular formula is C24H53NiO4P. The number of unbranched alkanes of at least 4 members (excludes halogenated alkanes) is 18. The summed E-state index contributed by atoms with van der Waals surface area (Å²) >= 11 is 2.03. The molecule has 4 nitrogen and oxygen atoms in total. The predicted molar refractivity (Wildman–Crippen MR) is 128 cm³/mol. The summed E-state index contributed by atoms with van der Waals surface area (Å²) in [7, 11) is -4.64. The molecule has 0 atom stereocenters. The Kier molecular flexibility index (Phi) is 30.2. The van der Waals surface area contributed by atoms with Gasteiger partial charge in [-0.3, -0.25) is 0 Å². The Hall–Kier alpha value is 0.604. The van der Waals surface area contributed by atoms with Crippen LogP contribution < -0.4 is 0 Å². The van der Waals surface area contributed by atoms with E-state index in [-0.39, 0.29) is 0 Å². The molecule has 0 bridgehead atoms. The summed E-state index contributed by atoms with van der Waals surface area (Å²) in [6.07, 6.45) is 29.3. The van der Waals surface area contributed by atoms with E-state index in [0.29, 0.717) is 0 Å². The second-order valence-electron chi connectivity index (χ2n) is 8.35. The van der Waals surface area contributed by atoms with Gasteiger partial charge in [0.15, 0.2) is 0 Å². The first-order valence-corrected chi connectivity index (χ1v) is 15.6. The van der Waals surface area contributed by atoms with Crippen molar-refractivity contribution < 1.29 is 33.7 Å². The molecule has 3 N–H and O–H groups in total. The Morgan fingerprint density at radius 2 is 0.667 bits per heavy atom. The van der Waals surface area contributed by atoms with E-state index in [9.17, 15) is 0 Å². The van der Waals surface area contributed by atoms with Crippen molar-refractivity contribution in [3.05, 3.63) is 0 Å². The summed E-state index contributed by atoms with van der Waals surface area (Å²) < 4.78 is 8.88. The summed E-state index contributed by atoms with van der Waals surface area (Å²) in [5, 5.41) is 2.86. The van der Waals surface area contributed by atoms with E-state index in [4.69, 9.17) is 19.2 Å². The van der Waals surface area contributed by atoms with Gasteiger partial charge >= 0.3 is 175 Å². The zero-order valence-corrected chi connectivity index (χ0v) is 22.0. The van der Waals surface area contributed by atoms with Crippen molar-refractivity contribution >= 4 is 7.82 Å². The number of hydrogen-bond donors (Lipinski definition) is 3. The first kappa shape index (κ1) is 32.8. The third-order valence-electron chi connectivity index (χ3n) is 5.15. The summed E-state index contributed by atoms with van der Waals surface area (Å²) in [4.78, 5) is 21.6. The Balaban J connectivity index is 0. The van der Waals surface area contributed by atoms with Gasteiger partial charge in [-0.05, 0) is 0 Å². The van der Waals surface area contributed by atoms with Crippen molar-refractivity contribution in [1.82, 2.24) is 0 Å². The van der Waals surface area contributed by atoms with Gasteiger partial charge in [-0.2, -0.15) is 0 Å². The molecule has 0 aromatic rings. The Morgan fingerprint density at radius 1 is 0.467 bits per heavy atom. The number of rotatable bonds is 22. The molecule has 0 unspecified atom stereocenters. The van der Waals surface area contributed by atoms with E-state index in [1.807, 2.05) is 14.4 Å². The minimum Gasteiger partial charge on any atom is -0.303 e. The Bertz CT molecular complexity index is 320. The molecule has 0 aromatic carbocycles. The average molecular weight is 495 g/mol. The molecule has 188 valence electrons.